The van der Waals surface area contributed by atoms with Crippen LogP contribution in [-0.4, -0.2) is 28.6 Å². The number of hydrogen-bond donors (Lipinski definition) is 3. The fourth-order valence-corrected chi connectivity index (χ4v) is 2.05. The van der Waals surface area contributed by atoms with E-state index in [-0.39, 0.29) is 11.3 Å². The summed E-state index contributed by atoms with van der Waals surface area (Å²) in [6.45, 7) is 6.82. The Morgan fingerprint density at radius 3 is 2.58 bits per heavy atom. The number of anilines is 1. The van der Waals surface area contributed by atoms with E-state index in [0.29, 0.717) is 18.8 Å². The maximum Gasteiger partial charge on any atom is 0.270 e. The van der Waals surface area contributed by atoms with Gasteiger partial charge in [0.1, 0.15) is 5.69 Å². The van der Waals surface area contributed by atoms with Gasteiger partial charge < -0.3 is 15.7 Å². The number of nitrogens with zero attached hydrogens (tertiary/aromatic N) is 1. The topological polar surface area (TPSA) is 74.2 Å². The number of aliphatic hydroxyl groups is 1. The van der Waals surface area contributed by atoms with Crippen LogP contribution in [0.4, 0.5) is 5.69 Å². The lowest BCUT2D eigenvalue weighted by molar-refractivity contribution is 0.0746. The maximum absolute atomic E-state index is 12.2. The van der Waals surface area contributed by atoms with Gasteiger partial charge in [0.25, 0.3) is 5.91 Å². The molecule has 0 aliphatic carbocycles. The van der Waals surface area contributed by atoms with Crippen molar-refractivity contribution in [1.82, 2.24) is 10.3 Å². The lowest BCUT2D eigenvalue weighted by Crippen LogP contribution is -2.33. The fourth-order valence-electron chi connectivity index (χ4n) is 2.05. The molecule has 0 aliphatic heterocycles. The minimum atomic E-state index is -0.485. The van der Waals surface area contributed by atoms with E-state index in [1.807, 2.05) is 51.1 Å². The summed E-state index contributed by atoms with van der Waals surface area (Å²) in [5.41, 5.74) is 1.95. The first kappa shape index (κ1) is 17.9. The van der Waals surface area contributed by atoms with E-state index in [1.54, 1.807) is 18.3 Å². The van der Waals surface area contributed by atoms with Crippen LogP contribution in [-0.2, 0) is 6.54 Å². The molecule has 24 heavy (non-hydrogen) atoms. The highest BCUT2D eigenvalue weighted by molar-refractivity contribution is 5.93. The predicted molar refractivity (Wildman–Crippen MR) is 95.8 cm³/mol. The Morgan fingerprint density at radius 2 is 1.92 bits per heavy atom. The van der Waals surface area contributed by atoms with E-state index < -0.39 is 6.10 Å². The van der Waals surface area contributed by atoms with E-state index in [4.69, 9.17) is 0 Å². The first-order chi connectivity index (χ1) is 11.4. The van der Waals surface area contributed by atoms with Crippen LogP contribution in [0.3, 0.4) is 0 Å². The molecule has 0 radical (unpaired) electrons. The molecule has 1 amide bonds. The average Bonchev–Trinajstić information content (AvgIpc) is 2.58. The number of amides is 1. The van der Waals surface area contributed by atoms with Gasteiger partial charge in [0.2, 0.25) is 0 Å². The van der Waals surface area contributed by atoms with Gasteiger partial charge in [-0.2, -0.15) is 0 Å². The van der Waals surface area contributed by atoms with Crippen LogP contribution in [0.1, 0.15) is 36.8 Å². The second-order valence-electron chi connectivity index (χ2n) is 6.86. The molecule has 5 nitrogen and oxygen atoms in total. The van der Waals surface area contributed by atoms with Crippen molar-refractivity contribution in [2.45, 2.75) is 33.4 Å². The Balaban J connectivity index is 1.93. The van der Waals surface area contributed by atoms with E-state index in [0.717, 1.165) is 11.3 Å². The van der Waals surface area contributed by atoms with Crippen molar-refractivity contribution < 1.29 is 9.90 Å². The quantitative estimate of drug-likeness (QED) is 0.763. The first-order valence-corrected chi connectivity index (χ1v) is 8.06. The molecular formula is C19H25N3O2. The molecule has 1 aromatic heterocycles. The van der Waals surface area contributed by atoms with Crippen molar-refractivity contribution in [2.75, 3.05) is 11.9 Å². The number of hydrogen-bond acceptors (Lipinski definition) is 4. The van der Waals surface area contributed by atoms with Crippen LogP contribution in [0.15, 0.2) is 48.7 Å². The highest BCUT2D eigenvalue weighted by Crippen LogP contribution is 2.19. The van der Waals surface area contributed by atoms with Gasteiger partial charge in [-0.1, -0.05) is 51.1 Å². The van der Waals surface area contributed by atoms with Crippen LogP contribution < -0.4 is 10.6 Å². The van der Waals surface area contributed by atoms with Gasteiger partial charge in [0, 0.05) is 25.0 Å². The number of aliphatic hydroxyl groups excluding tert-OH is 1. The van der Waals surface area contributed by atoms with Crippen molar-refractivity contribution in [2.24, 2.45) is 5.41 Å². The zero-order valence-electron chi connectivity index (χ0n) is 14.4. The van der Waals surface area contributed by atoms with E-state index in [2.05, 4.69) is 15.6 Å². The van der Waals surface area contributed by atoms with Gasteiger partial charge in [-0.05, 0) is 23.1 Å². The van der Waals surface area contributed by atoms with E-state index >= 15 is 0 Å². The standard InChI is InChI=1S/C19H25N3O2/c1-19(2,3)17(23)13-21-15-9-10-20-16(11-15)18(24)22-12-14-7-5-4-6-8-14/h4-11,17,23H,12-13H2,1-3H3,(H,20,21)(H,22,24). The number of carbonyl (C=O) groups is 1. The van der Waals surface area contributed by atoms with Crippen LogP contribution in [0.5, 0.6) is 0 Å². The summed E-state index contributed by atoms with van der Waals surface area (Å²) < 4.78 is 0. The minimum absolute atomic E-state index is 0.198. The summed E-state index contributed by atoms with van der Waals surface area (Å²) in [7, 11) is 0. The van der Waals surface area contributed by atoms with Gasteiger partial charge in [-0.15, -0.1) is 0 Å². The SMILES string of the molecule is CC(C)(C)C(O)CNc1ccnc(C(=O)NCc2ccccc2)c1. The fraction of sp³-hybridized carbons (Fsp3) is 0.368. The minimum Gasteiger partial charge on any atom is -0.391 e. The molecule has 2 rings (SSSR count). The summed E-state index contributed by atoms with van der Waals surface area (Å²) in [5.74, 6) is -0.223. The van der Waals surface area contributed by atoms with Crippen LogP contribution in [0.25, 0.3) is 0 Å². The number of aromatic nitrogens is 1. The normalized spacial score (nSPS) is 12.5. The lowest BCUT2D eigenvalue weighted by atomic mass is 9.89. The van der Waals surface area contributed by atoms with Gasteiger partial charge in [-0.25, -0.2) is 0 Å². The van der Waals surface area contributed by atoms with E-state index in [1.165, 1.54) is 0 Å². The summed E-state index contributed by atoms with van der Waals surface area (Å²) >= 11 is 0. The van der Waals surface area contributed by atoms with Crippen LogP contribution in [0.2, 0.25) is 0 Å². The van der Waals surface area contributed by atoms with Crippen molar-refractivity contribution in [1.29, 1.82) is 0 Å². The van der Waals surface area contributed by atoms with Crippen molar-refractivity contribution in [3.63, 3.8) is 0 Å². The largest absolute Gasteiger partial charge is 0.391 e. The Labute approximate surface area is 143 Å². The van der Waals surface area contributed by atoms with Gasteiger partial charge in [0.15, 0.2) is 0 Å². The number of rotatable bonds is 6. The summed E-state index contributed by atoms with van der Waals surface area (Å²) in [6.07, 6.45) is 1.10. The predicted octanol–water partition coefficient (Wildman–Crippen LogP) is 2.83. The first-order valence-electron chi connectivity index (χ1n) is 8.06. The molecule has 1 heterocycles. The van der Waals surface area contributed by atoms with Crippen LogP contribution >= 0.6 is 0 Å². The molecule has 0 saturated carbocycles. The third-order valence-electron chi connectivity index (χ3n) is 3.79. The summed E-state index contributed by atoms with van der Waals surface area (Å²) in [6, 6.07) is 13.2. The van der Waals surface area contributed by atoms with Crippen molar-refractivity contribution in [3.8, 4) is 0 Å². The molecular weight excluding hydrogens is 302 g/mol. The highest BCUT2D eigenvalue weighted by Gasteiger charge is 2.21. The van der Waals surface area contributed by atoms with Crippen LogP contribution in [0, 0.1) is 5.41 Å². The monoisotopic (exact) mass is 327 g/mol. The molecule has 0 spiro atoms. The second-order valence-corrected chi connectivity index (χ2v) is 6.86. The average molecular weight is 327 g/mol. The number of benzene rings is 1. The molecule has 0 aliphatic rings. The van der Waals surface area contributed by atoms with Gasteiger partial charge in [0.05, 0.1) is 6.10 Å². The zero-order chi connectivity index (χ0) is 17.6. The molecule has 0 bridgehead atoms. The molecule has 0 fully saturated rings. The lowest BCUT2D eigenvalue weighted by Gasteiger charge is -2.26. The molecule has 1 atom stereocenters. The molecule has 128 valence electrons. The second kappa shape index (κ2) is 7.93. The number of carbonyl (C=O) groups excluding carboxylic acids is 1. The Kier molecular flexibility index (Phi) is 5.93. The Bertz CT molecular complexity index is 666. The number of pyridine rings is 1. The molecule has 5 heteroatoms. The van der Waals surface area contributed by atoms with Crippen molar-refractivity contribution >= 4 is 11.6 Å². The smallest absolute Gasteiger partial charge is 0.270 e. The molecule has 1 unspecified atom stereocenters. The maximum atomic E-state index is 12.2. The Hall–Kier alpha value is -2.40. The molecule has 1 aromatic carbocycles. The third kappa shape index (κ3) is 5.35. The van der Waals surface area contributed by atoms with Gasteiger partial charge >= 0.3 is 0 Å². The summed E-state index contributed by atoms with van der Waals surface area (Å²) in [5, 5.41) is 16.1. The molecule has 3 N–H and O–H groups in total. The molecule has 0 saturated heterocycles. The number of nitrogens with one attached hydrogen (secondary N) is 2. The summed E-state index contributed by atoms with van der Waals surface area (Å²) in [4.78, 5) is 16.3. The van der Waals surface area contributed by atoms with Gasteiger partial charge in [-0.3, -0.25) is 9.78 Å². The molecule has 2 aromatic rings. The van der Waals surface area contributed by atoms with E-state index in [9.17, 15) is 9.90 Å². The highest BCUT2D eigenvalue weighted by atomic mass is 16.3. The zero-order valence-corrected chi connectivity index (χ0v) is 14.4. The Morgan fingerprint density at radius 1 is 1.21 bits per heavy atom. The van der Waals surface area contributed by atoms with Crippen molar-refractivity contribution in [3.05, 3.63) is 59.9 Å². The third-order valence-corrected chi connectivity index (χ3v) is 3.79.